The van der Waals surface area contributed by atoms with Crippen LogP contribution in [0.15, 0.2) is 42.5 Å². The molecule has 0 radical (unpaired) electrons. The van der Waals surface area contributed by atoms with Crippen molar-refractivity contribution in [3.8, 4) is 0 Å². The van der Waals surface area contributed by atoms with Crippen molar-refractivity contribution in [1.82, 2.24) is 15.0 Å². The SMILES string of the molecule is CCn1nnc2cc(C(=O)Nc3ccccc3C(C)=O)ccc21. The number of anilines is 1. The zero-order valence-corrected chi connectivity index (χ0v) is 12.9. The number of aryl methyl sites for hydroxylation is 1. The third-order valence-corrected chi connectivity index (χ3v) is 3.63. The molecular formula is C17H16N4O2. The van der Waals surface area contributed by atoms with Crippen LogP contribution in [-0.2, 0) is 6.54 Å². The molecule has 0 bridgehead atoms. The van der Waals surface area contributed by atoms with Crippen LogP contribution in [0.1, 0.15) is 34.6 Å². The summed E-state index contributed by atoms with van der Waals surface area (Å²) in [7, 11) is 0. The first-order chi connectivity index (χ1) is 11.1. The standard InChI is InChI=1S/C17H16N4O2/c1-3-21-16-9-8-12(10-15(16)19-20-21)17(23)18-14-7-5-4-6-13(14)11(2)22/h4-10H,3H2,1-2H3,(H,18,23). The molecule has 1 heterocycles. The largest absolute Gasteiger partial charge is 0.321 e. The number of nitrogens with one attached hydrogen (secondary N) is 1. The summed E-state index contributed by atoms with van der Waals surface area (Å²) in [5.74, 6) is -0.381. The molecule has 1 aromatic heterocycles. The number of ketones is 1. The molecule has 1 N–H and O–H groups in total. The highest BCUT2D eigenvalue weighted by Gasteiger charge is 2.13. The third kappa shape index (κ3) is 2.83. The van der Waals surface area contributed by atoms with Gasteiger partial charge in [-0.05, 0) is 44.2 Å². The van der Waals surface area contributed by atoms with E-state index >= 15 is 0 Å². The number of carbonyl (C=O) groups is 2. The van der Waals surface area contributed by atoms with E-state index in [1.165, 1.54) is 6.92 Å². The second-order valence-electron chi connectivity index (χ2n) is 5.16. The quantitative estimate of drug-likeness (QED) is 0.752. The molecular weight excluding hydrogens is 292 g/mol. The molecule has 3 rings (SSSR count). The van der Waals surface area contributed by atoms with Crippen LogP contribution in [0.2, 0.25) is 0 Å². The minimum atomic E-state index is -0.286. The Kier molecular flexibility index (Phi) is 3.89. The zero-order valence-electron chi connectivity index (χ0n) is 12.9. The molecule has 0 unspecified atom stereocenters. The van der Waals surface area contributed by atoms with Gasteiger partial charge in [-0.3, -0.25) is 9.59 Å². The summed E-state index contributed by atoms with van der Waals surface area (Å²) in [4.78, 5) is 24.1. The van der Waals surface area contributed by atoms with Gasteiger partial charge >= 0.3 is 0 Å². The van der Waals surface area contributed by atoms with Gasteiger partial charge in [-0.15, -0.1) is 5.10 Å². The Hall–Kier alpha value is -3.02. The minimum Gasteiger partial charge on any atom is -0.321 e. The number of aromatic nitrogens is 3. The van der Waals surface area contributed by atoms with Gasteiger partial charge < -0.3 is 5.32 Å². The number of para-hydroxylation sites is 1. The smallest absolute Gasteiger partial charge is 0.255 e. The van der Waals surface area contributed by atoms with Crippen molar-refractivity contribution >= 4 is 28.4 Å². The zero-order chi connectivity index (χ0) is 16.4. The van der Waals surface area contributed by atoms with Crippen molar-refractivity contribution in [3.63, 3.8) is 0 Å². The highest BCUT2D eigenvalue weighted by Crippen LogP contribution is 2.18. The summed E-state index contributed by atoms with van der Waals surface area (Å²) in [5, 5.41) is 10.9. The van der Waals surface area contributed by atoms with Crippen LogP contribution in [0.4, 0.5) is 5.69 Å². The second kappa shape index (κ2) is 6.00. The lowest BCUT2D eigenvalue weighted by Gasteiger charge is -2.09. The van der Waals surface area contributed by atoms with Crippen LogP contribution in [0.5, 0.6) is 0 Å². The average Bonchev–Trinajstić information content (AvgIpc) is 2.97. The summed E-state index contributed by atoms with van der Waals surface area (Å²) in [6.45, 7) is 4.17. The maximum atomic E-state index is 12.4. The summed E-state index contributed by atoms with van der Waals surface area (Å²) in [5.41, 5.74) is 3.01. The monoisotopic (exact) mass is 308 g/mol. The number of hydrogen-bond acceptors (Lipinski definition) is 4. The molecule has 0 atom stereocenters. The first kappa shape index (κ1) is 14.9. The van der Waals surface area contributed by atoms with Gasteiger partial charge in [-0.1, -0.05) is 17.3 Å². The number of rotatable bonds is 4. The van der Waals surface area contributed by atoms with Crippen LogP contribution in [0, 0.1) is 0 Å². The van der Waals surface area contributed by atoms with E-state index in [1.54, 1.807) is 41.1 Å². The van der Waals surface area contributed by atoms with Gasteiger partial charge in [-0.2, -0.15) is 0 Å². The lowest BCUT2D eigenvalue weighted by molar-refractivity contribution is 0.101. The molecule has 0 saturated heterocycles. The molecule has 6 nitrogen and oxygen atoms in total. The summed E-state index contributed by atoms with van der Waals surface area (Å²) in [6.07, 6.45) is 0. The highest BCUT2D eigenvalue weighted by atomic mass is 16.1. The van der Waals surface area contributed by atoms with E-state index in [9.17, 15) is 9.59 Å². The Morgan fingerprint density at radius 1 is 1.17 bits per heavy atom. The first-order valence-corrected chi connectivity index (χ1v) is 7.34. The Morgan fingerprint density at radius 2 is 1.96 bits per heavy atom. The maximum absolute atomic E-state index is 12.4. The van der Waals surface area contributed by atoms with Crippen molar-refractivity contribution in [2.75, 3.05) is 5.32 Å². The third-order valence-electron chi connectivity index (χ3n) is 3.63. The molecule has 0 aliphatic carbocycles. The van der Waals surface area contributed by atoms with Crippen LogP contribution < -0.4 is 5.32 Å². The molecule has 0 aliphatic heterocycles. The van der Waals surface area contributed by atoms with Gasteiger partial charge in [0.05, 0.1) is 11.2 Å². The molecule has 116 valence electrons. The second-order valence-corrected chi connectivity index (χ2v) is 5.16. The Labute approximate surface area is 133 Å². The predicted octanol–water partition coefficient (Wildman–Crippen LogP) is 2.91. The van der Waals surface area contributed by atoms with Crippen molar-refractivity contribution in [3.05, 3.63) is 53.6 Å². The topological polar surface area (TPSA) is 76.9 Å². The predicted molar refractivity (Wildman–Crippen MR) is 87.6 cm³/mol. The molecule has 1 amide bonds. The molecule has 0 fully saturated rings. The lowest BCUT2D eigenvalue weighted by Crippen LogP contribution is -2.14. The van der Waals surface area contributed by atoms with Crippen LogP contribution >= 0.6 is 0 Å². The summed E-state index contributed by atoms with van der Waals surface area (Å²) < 4.78 is 1.77. The van der Waals surface area contributed by atoms with E-state index in [4.69, 9.17) is 0 Å². The van der Waals surface area contributed by atoms with Gasteiger partial charge in [0.25, 0.3) is 5.91 Å². The maximum Gasteiger partial charge on any atom is 0.255 e. The van der Waals surface area contributed by atoms with Crippen molar-refractivity contribution in [2.45, 2.75) is 20.4 Å². The van der Waals surface area contributed by atoms with Crippen molar-refractivity contribution < 1.29 is 9.59 Å². The summed E-state index contributed by atoms with van der Waals surface area (Å²) in [6, 6.07) is 12.2. The lowest BCUT2D eigenvalue weighted by atomic mass is 10.1. The van der Waals surface area contributed by atoms with E-state index in [2.05, 4.69) is 15.6 Å². The number of hydrogen-bond donors (Lipinski definition) is 1. The molecule has 23 heavy (non-hydrogen) atoms. The number of fused-ring (bicyclic) bond motifs is 1. The fourth-order valence-corrected chi connectivity index (χ4v) is 2.44. The fraction of sp³-hybridized carbons (Fsp3) is 0.176. The van der Waals surface area contributed by atoms with Gasteiger partial charge in [0.15, 0.2) is 5.78 Å². The molecule has 0 aliphatic rings. The van der Waals surface area contributed by atoms with Crippen LogP contribution in [0.25, 0.3) is 11.0 Å². The molecule has 0 saturated carbocycles. The number of carbonyl (C=O) groups excluding carboxylic acids is 2. The fourth-order valence-electron chi connectivity index (χ4n) is 2.44. The molecule has 6 heteroatoms. The van der Waals surface area contributed by atoms with Gasteiger partial charge in [-0.25, -0.2) is 4.68 Å². The number of amides is 1. The van der Waals surface area contributed by atoms with Crippen molar-refractivity contribution in [1.29, 1.82) is 0 Å². The van der Waals surface area contributed by atoms with Gasteiger partial charge in [0.1, 0.15) is 5.52 Å². The molecule has 2 aromatic carbocycles. The molecule has 3 aromatic rings. The Bertz CT molecular complexity index is 898. The van der Waals surface area contributed by atoms with Crippen LogP contribution in [0.3, 0.4) is 0 Å². The van der Waals surface area contributed by atoms with Crippen molar-refractivity contribution in [2.24, 2.45) is 0 Å². The van der Waals surface area contributed by atoms with E-state index in [0.29, 0.717) is 28.9 Å². The minimum absolute atomic E-state index is 0.0951. The van der Waals surface area contributed by atoms with Gasteiger partial charge in [0, 0.05) is 17.7 Å². The van der Waals surface area contributed by atoms with Gasteiger partial charge in [0.2, 0.25) is 0 Å². The van der Waals surface area contributed by atoms with E-state index in [0.717, 1.165) is 5.52 Å². The Morgan fingerprint density at radius 3 is 2.70 bits per heavy atom. The average molecular weight is 308 g/mol. The van der Waals surface area contributed by atoms with E-state index in [1.807, 2.05) is 13.0 Å². The normalized spacial score (nSPS) is 10.7. The first-order valence-electron chi connectivity index (χ1n) is 7.34. The van der Waals surface area contributed by atoms with E-state index < -0.39 is 0 Å². The van der Waals surface area contributed by atoms with E-state index in [-0.39, 0.29) is 11.7 Å². The number of Topliss-reactive ketones (excluding diaryl/α,β-unsaturated/α-hetero) is 1. The highest BCUT2D eigenvalue weighted by molar-refractivity contribution is 6.09. The number of benzene rings is 2. The van der Waals surface area contributed by atoms with Crippen LogP contribution in [-0.4, -0.2) is 26.7 Å². The molecule has 0 spiro atoms. The number of nitrogens with zero attached hydrogens (tertiary/aromatic N) is 3. The Balaban J connectivity index is 1.91. The summed E-state index contributed by atoms with van der Waals surface area (Å²) >= 11 is 0.